The van der Waals surface area contributed by atoms with Gasteiger partial charge in [0.1, 0.15) is 5.82 Å². The Hall–Kier alpha value is -2.72. The Balaban J connectivity index is 2.01. The van der Waals surface area contributed by atoms with E-state index in [9.17, 15) is 8.42 Å². The van der Waals surface area contributed by atoms with E-state index in [-0.39, 0.29) is 11.7 Å². The maximum atomic E-state index is 11.2. The zero-order valence-corrected chi connectivity index (χ0v) is 14.0. The van der Waals surface area contributed by atoms with Crippen LogP contribution in [0.15, 0.2) is 24.3 Å². The number of fused-ring (bicyclic) bond motifs is 1. The van der Waals surface area contributed by atoms with Crippen LogP contribution in [0.1, 0.15) is 11.4 Å². The van der Waals surface area contributed by atoms with Gasteiger partial charge in [-0.25, -0.2) is 18.5 Å². The van der Waals surface area contributed by atoms with Gasteiger partial charge in [0.25, 0.3) is 0 Å². The summed E-state index contributed by atoms with van der Waals surface area (Å²) in [6, 6.07) is 6.88. The highest BCUT2D eigenvalue weighted by Crippen LogP contribution is 2.25. The van der Waals surface area contributed by atoms with Gasteiger partial charge >= 0.3 is 0 Å². The summed E-state index contributed by atoms with van der Waals surface area (Å²) in [5, 5.41) is 8.20. The highest BCUT2D eigenvalue weighted by molar-refractivity contribution is 7.88. The molecule has 0 aliphatic rings. The third-order valence-corrected chi connectivity index (χ3v) is 4.25. The molecule has 0 saturated heterocycles. The molecular formula is C14H17N7O2S. The van der Waals surface area contributed by atoms with E-state index >= 15 is 0 Å². The van der Waals surface area contributed by atoms with Gasteiger partial charge in [0.2, 0.25) is 16.0 Å². The molecule has 2 heterocycles. The summed E-state index contributed by atoms with van der Waals surface area (Å²) in [6.45, 7) is 1.86. The van der Waals surface area contributed by atoms with Crippen molar-refractivity contribution in [1.82, 2.24) is 19.5 Å². The Morgan fingerprint density at radius 1 is 1.25 bits per heavy atom. The number of hydrogen-bond acceptors (Lipinski definition) is 7. The van der Waals surface area contributed by atoms with Gasteiger partial charge in [0, 0.05) is 12.7 Å². The Morgan fingerprint density at radius 2 is 2.00 bits per heavy atom. The lowest BCUT2D eigenvalue weighted by Crippen LogP contribution is -2.14. The first-order chi connectivity index (χ1) is 11.2. The van der Waals surface area contributed by atoms with Crippen molar-refractivity contribution in [3.63, 3.8) is 0 Å². The van der Waals surface area contributed by atoms with Gasteiger partial charge in [-0.3, -0.25) is 0 Å². The summed E-state index contributed by atoms with van der Waals surface area (Å²) in [5.74, 6) is 1.10. The molecule has 1 aromatic carbocycles. The van der Waals surface area contributed by atoms with Crippen molar-refractivity contribution in [2.75, 3.05) is 11.1 Å². The zero-order valence-electron chi connectivity index (χ0n) is 13.2. The van der Waals surface area contributed by atoms with Crippen LogP contribution in [-0.4, -0.2) is 27.9 Å². The van der Waals surface area contributed by atoms with E-state index in [1.54, 1.807) is 24.3 Å². The van der Waals surface area contributed by atoms with Gasteiger partial charge in [0.05, 0.1) is 5.75 Å². The normalized spacial score (nSPS) is 11.8. The van der Waals surface area contributed by atoms with E-state index < -0.39 is 10.0 Å². The molecule has 0 aliphatic heterocycles. The maximum absolute atomic E-state index is 11.2. The largest absolute Gasteiger partial charge is 0.368 e. The fourth-order valence-electron chi connectivity index (χ4n) is 2.38. The molecule has 0 unspecified atom stereocenters. The number of rotatable bonds is 4. The van der Waals surface area contributed by atoms with Crippen LogP contribution in [0.5, 0.6) is 0 Å². The fourth-order valence-corrected chi connectivity index (χ4v) is 3.03. The van der Waals surface area contributed by atoms with E-state index in [1.807, 2.05) is 18.5 Å². The number of nitrogens with one attached hydrogen (secondary N) is 1. The summed E-state index contributed by atoms with van der Waals surface area (Å²) in [5.41, 5.74) is 8.19. The average molecular weight is 347 g/mol. The third-order valence-electron chi connectivity index (χ3n) is 3.52. The number of imidazole rings is 1. The van der Waals surface area contributed by atoms with E-state index in [0.29, 0.717) is 28.2 Å². The summed E-state index contributed by atoms with van der Waals surface area (Å²) in [7, 11) is -1.76. The van der Waals surface area contributed by atoms with Crippen molar-refractivity contribution in [2.24, 2.45) is 12.2 Å². The number of benzene rings is 1. The molecule has 3 rings (SSSR count). The summed E-state index contributed by atoms with van der Waals surface area (Å²) < 4.78 is 24.3. The van der Waals surface area contributed by atoms with Crippen molar-refractivity contribution < 1.29 is 8.42 Å². The quantitative estimate of drug-likeness (QED) is 0.633. The predicted octanol–water partition coefficient (Wildman–Crippen LogP) is 0.786. The number of anilines is 3. The first-order valence-electron chi connectivity index (χ1n) is 7.06. The molecule has 126 valence electrons. The highest BCUT2D eigenvalue weighted by atomic mass is 32.2. The van der Waals surface area contributed by atoms with E-state index in [4.69, 9.17) is 10.9 Å². The molecule has 0 aliphatic carbocycles. The van der Waals surface area contributed by atoms with Gasteiger partial charge < -0.3 is 15.6 Å². The lowest BCUT2D eigenvalue weighted by atomic mass is 10.2. The molecule has 0 radical (unpaired) electrons. The van der Waals surface area contributed by atoms with Crippen molar-refractivity contribution in [2.45, 2.75) is 12.7 Å². The Morgan fingerprint density at radius 3 is 2.71 bits per heavy atom. The molecule has 0 bridgehead atoms. The second-order valence-electron chi connectivity index (χ2n) is 5.45. The fraction of sp³-hybridized carbons (Fsp3) is 0.214. The minimum atomic E-state index is -3.60. The molecule has 10 heteroatoms. The number of nitrogens with two attached hydrogens (primary N) is 2. The highest BCUT2D eigenvalue weighted by Gasteiger charge is 2.14. The van der Waals surface area contributed by atoms with Crippen molar-refractivity contribution in [3.8, 4) is 0 Å². The molecular weight excluding hydrogens is 330 g/mol. The van der Waals surface area contributed by atoms with Crippen LogP contribution < -0.4 is 16.2 Å². The third kappa shape index (κ3) is 3.29. The van der Waals surface area contributed by atoms with Crippen LogP contribution in [0.3, 0.4) is 0 Å². The van der Waals surface area contributed by atoms with Crippen LogP contribution in [0.25, 0.3) is 11.2 Å². The maximum Gasteiger partial charge on any atom is 0.224 e. The molecule has 0 saturated carbocycles. The molecule has 2 aromatic heterocycles. The molecule has 0 fully saturated rings. The Kier molecular flexibility index (Phi) is 3.85. The summed E-state index contributed by atoms with van der Waals surface area (Å²) in [6.07, 6.45) is 0. The number of aryl methyl sites for hydroxylation is 2. The lowest BCUT2D eigenvalue weighted by molar-refractivity contribution is 0.597. The molecule has 24 heavy (non-hydrogen) atoms. The number of primary sulfonamides is 1. The average Bonchev–Trinajstić information content (AvgIpc) is 2.74. The second kappa shape index (κ2) is 5.73. The van der Waals surface area contributed by atoms with Crippen LogP contribution in [0, 0.1) is 6.92 Å². The number of hydrogen-bond donors (Lipinski definition) is 3. The smallest absolute Gasteiger partial charge is 0.224 e. The van der Waals surface area contributed by atoms with Gasteiger partial charge in [-0.15, -0.1) is 0 Å². The zero-order chi connectivity index (χ0) is 17.5. The Labute approximate surface area is 138 Å². The standard InChI is InChI=1S/C14H17N7O2S/c1-8-17-11-12(19-14(15)20-13(11)21(8)2)18-10-5-3-4-9(6-10)7-24(16,22)23/h3-6H,7H2,1-2H3,(H2,16,22,23)(H3,15,18,19,20). The van der Waals surface area contributed by atoms with E-state index in [0.717, 1.165) is 5.82 Å². The number of aromatic nitrogens is 4. The molecule has 0 atom stereocenters. The lowest BCUT2D eigenvalue weighted by Gasteiger charge is -2.08. The number of sulfonamides is 1. The van der Waals surface area contributed by atoms with Crippen LogP contribution >= 0.6 is 0 Å². The first kappa shape index (κ1) is 16.1. The summed E-state index contributed by atoms with van der Waals surface area (Å²) in [4.78, 5) is 12.8. The topological polar surface area (TPSA) is 142 Å². The Bertz CT molecular complexity index is 1030. The number of nitrogens with zero attached hydrogens (tertiary/aromatic N) is 4. The van der Waals surface area contributed by atoms with Crippen LogP contribution in [-0.2, 0) is 22.8 Å². The molecule has 0 spiro atoms. The molecule has 0 amide bonds. The van der Waals surface area contributed by atoms with Crippen molar-refractivity contribution in [1.29, 1.82) is 0 Å². The molecule has 3 aromatic rings. The van der Waals surface area contributed by atoms with Crippen LogP contribution in [0.2, 0.25) is 0 Å². The molecule has 9 nitrogen and oxygen atoms in total. The van der Waals surface area contributed by atoms with Crippen molar-refractivity contribution in [3.05, 3.63) is 35.7 Å². The second-order valence-corrected chi connectivity index (χ2v) is 7.07. The molecule has 5 N–H and O–H groups in total. The van der Waals surface area contributed by atoms with Gasteiger partial charge in [-0.2, -0.15) is 9.97 Å². The minimum absolute atomic E-state index is 0.119. The summed E-state index contributed by atoms with van der Waals surface area (Å²) >= 11 is 0. The first-order valence-corrected chi connectivity index (χ1v) is 8.77. The van der Waals surface area contributed by atoms with Crippen molar-refractivity contribution >= 4 is 38.6 Å². The van der Waals surface area contributed by atoms with Gasteiger partial charge in [0.15, 0.2) is 17.0 Å². The van der Waals surface area contributed by atoms with Gasteiger partial charge in [-0.1, -0.05) is 12.1 Å². The predicted molar refractivity (Wildman–Crippen MR) is 92.0 cm³/mol. The van der Waals surface area contributed by atoms with E-state index in [2.05, 4.69) is 20.3 Å². The SMILES string of the molecule is Cc1nc2c(Nc3cccc(CS(N)(=O)=O)c3)nc(N)nc2n1C. The number of nitrogen functional groups attached to an aromatic ring is 1. The van der Waals surface area contributed by atoms with Gasteiger partial charge in [-0.05, 0) is 24.6 Å². The van der Waals surface area contributed by atoms with Crippen LogP contribution in [0.4, 0.5) is 17.5 Å². The monoisotopic (exact) mass is 347 g/mol. The van der Waals surface area contributed by atoms with E-state index in [1.165, 1.54) is 0 Å². The minimum Gasteiger partial charge on any atom is -0.368 e.